The molecule has 3 heteroatoms. The number of hydrogen-bond acceptors (Lipinski definition) is 3. The number of methoxy groups -OCH3 is 1. The van der Waals surface area contributed by atoms with Crippen molar-refractivity contribution in [3.05, 3.63) is 0 Å². The van der Waals surface area contributed by atoms with E-state index in [1.165, 1.54) is 12.8 Å². The highest BCUT2D eigenvalue weighted by molar-refractivity contribution is 4.93. The van der Waals surface area contributed by atoms with E-state index in [9.17, 15) is 0 Å². The van der Waals surface area contributed by atoms with Gasteiger partial charge in [0, 0.05) is 38.3 Å². The van der Waals surface area contributed by atoms with E-state index in [1.54, 1.807) is 7.11 Å². The predicted molar refractivity (Wildman–Crippen MR) is 78.0 cm³/mol. The highest BCUT2D eigenvalue weighted by Gasteiger charge is 2.35. The van der Waals surface area contributed by atoms with Gasteiger partial charge in [-0.25, -0.2) is 0 Å². The second-order valence-corrected chi connectivity index (χ2v) is 6.77. The molecule has 18 heavy (non-hydrogen) atoms. The molecular formula is C15H32N2O. The summed E-state index contributed by atoms with van der Waals surface area (Å²) in [6.07, 6.45) is 2.53. The van der Waals surface area contributed by atoms with Crippen LogP contribution in [0.2, 0.25) is 0 Å². The summed E-state index contributed by atoms with van der Waals surface area (Å²) in [5.74, 6) is 0. The number of piperazine rings is 1. The van der Waals surface area contributed by atoms with Crippen LogP contribution in [-0.2, 0) is 4.74 Å². The van der Waals surface area contributed by atoms with Crippen LogP contribution in [0.1, 0.15) is 47.5 Å². The zero-order valence-corrected chi connectivity index (χ0v) is 13.1. The Balaban J connectivity index is 2.69. The molecule has 3 atom stereocenters. The van der Waals surface area contributed by atoms with Gasteiger partial charge in [-0.1, -0.05) is 34.1 Å². The first-order chi connectivity index (χ1) is 8.40. The van der Waals surface area contributed by atoms with Crippen LogP contribution < -0.4 is 5.32 Å². The van der Waals surface area contributed by atoms with Crippen molar-refractivity contribution in [2.24, 2.45) is 5.41 Å². The van der Waals surface area contributed by atoms with Gasteiger partial charge >= 0.3 is 0 Å². The summed E-state index contributed by atoms with van der Waals surface area (Å²) in [7, 11) is 1.80. The van der Waals surface area contributed by atoms with Crippen LogP contribution >= 0.6 is 0 Å². The quantitative estimate of drug-likeness (QED) is 0.818. The number of nitrogens with zero attached hydrogens (tertiary/aromatic N) is 1. The molecule has 0 amide bonds. The van der Waals surface area contributed by atoms with E-state index < -0.39 is 0 Å². The minimum absolute atomic E-state index is 0.322. The molecule has 1 aliphatic heterocycles. The zero-order valence-electron chi connectivity index (χ0n) is 13.1. The molecule has 0 radical (unpaired) electrons. The number of nitrogens with one attached hydrogen (secondary N) is 1. The molecule has 108 valence electrons. The average molecular weight is 256 g/mol. The van der Waals surface area contributed by atoms with Crippen LogP contribution in [0, 0.1) is 5.41 Å². The van der Waals surface area contributed by atoms with Gasteiger partial charge in [0.2, 0.25) is 0 Å². The highest BCUT2D eigenvalue weighted by atomic mass is 16.5. The summed E-state index contributed by atoms with van der Waals surface area (Å²) in [6, 6.07) is 1.75. The topological polar surface area (TPSA) is 24.5 Å². The average Bonchev–Trinajstić information content (AvgIpc) is 2.28. The van der Waals surface area contributed by atoms with Crippen LogP contribution in [0.3, 0.4) is 0 Å². The molecule has 1 aliphatic rings. The molecular weight excluding hydrogens is 224 g/mol. The third-order valence-electron chi connectivity index (χ3n) is 4.10. The van der Waals surface area contributed by atoms with Gasteiger partial charge in [-0.2, -0.15) is 0 Å². The van der Waals surface area contributed by atoms with E-state index in [0.717, 1.165) is 19.7 Å². The summed E-state index contributed by atoms with van der Waals surface area (Å²) >= 11 is 0. The first-order valence-corrected chi connectivity index (χ1v) is 7.38. The van der Waals surface area contributed by atoms with Crippen molar-refractivity contribution < 1.29 is 4.74 Å². The first-order valence-electron chi connectivity index (χ1n) is 7.38. The normalized spacial score (nSPS) is 28.3. The van der Waals surface area contributed by atoms with Crippen molar-refractivity contribution in [1.82, 2.24) is 10.2 Å². The van der Waals surface area contributed by atoms with Crippen molar-refractivity contribution >= 4 is 0 Å². The van der Waals surface area contributed by atoms with Crippen LogP contribution in [-0.4, -0.2) is 49.8 Å². The number of hydrogen-bond donors (Lipinski definition) is 1. The van der Waals surface area contributed by atoms with Gasteiger partial charge in [0.1, 0.15) is 0 Å². The Labute approximate surface area is 113 Å². The molecule has 1 N–H and O–H groups in total. The molecule has 3 unspecified atom stereocenters. The van der Waals surface area contributed by atoms with Crippen molar-refractivity contribution in [2.45, 2.75) is 65.6 Å². The van der Waals surface area contributed by atoms with Gasteiger partial charge in [-0.3, -0.25) is 4.90 Å². The number of ether oxygens (including phenoxy) is 1. The standard InChI is InChI=1S/C15H32N2O/c1-7-8-13-9-16-14(15(3,4)5)10-17(13)12(2)11-18-6/h12-14,16H,7-11H2,1-6H3. The summed E-state index contributed by atoms with van der Waals surface area (Å²) in [6.45, 7) is 14.6. The predicted octanol–water partition coefficient (Wildman–Crippen LogP) is 2.51. The van der Waals surface area contributed by atoms with Gasteiger partial charge in [0.25, 0.3) is 0 Å². The van der Waals surface area contributed by atoms with Crippen molar-refractivity contribution in [1.29, 1.82) is 0 Å². The third kappa shape index (κ3) is 4.22. The van der Waals surface area contributed by atoms with Gasteiger partial charge < -0.3 is 10.1 Å². The zero-order chi connectivity index (χ0) is 13.8. The van der Waals surface area contributed by atoms with E-state index in [-0.39, 0.29) is 0 Å². The molecule has 0 aromatic carbocycles. The maximum atomic E-state index is 5.34. The fourth-order valence-corrected chi connectivity index (χ4v) is 2.88. The maximum absolute atomic E-state index is 5.34. The molecule has 1 rings (SSSR count). The number of rotatable bonds is 5. The summed E-state index contributed by atoms with van der Waals surface area (Å²) in [5, 5.41) is 3.74. The second-order valence-electron chi connectivity index (χ2n) is 6.77. The molecule has 1 saturated heterocycles. The Bertz CT molecular complexity index is 237. The molecule has 0 bridgehead atoms. The molecule has 0 spiro atoms. The van der Waals surface area contributed by atoms with Crippen molar-refractivity contribution in [2.75, 3.05) is 26.8 Å². The van der Waals surface area contributed by atoms with Gasteiger partial charge in [0.15, 0.2) is 0 Å². The first kappa shape index (κ1) is 15.9. The Morgan fingerprint density at radius 2 is 2.06 bits per heavy atom. The molecule has 3 nitrogen and oxygen atoms in total. The van der Waals surface area contributed by atoms with E-state index in [1.807, 2.05) is 0 Å². The minimum atomic E-state index is 0.322. The van der Waals surface area contributed by atoms with E-state index in [0.29, 0.717) is 23.5 Å². The fraction of sp³-hybridized carbons (Fsp3) is 1.00. The Kier molecular flexibility index (Phi) is 6.09. The Morgan fingerprint density at radius 3 is 2.56 bits per heavy atom. The van der Waals surface area contributed by atoms with Crippen LogP contribution in [0.15, 0.2) is 0 Å². The molecule has 0 aromatic heterocycles. The van der Waals surface area contributed by atoms with Crippen LogP contribution in [0.5, 0.6) is 0 Å². The Morgan fingerprint density at radius 1 is 1.39 bits per heavy atom. The molecule has 0 saturated carbocycles. The van der Waals surface area contributed by atoms with Crippen molar-refractivity contribution in [3.63, 3.8) is 0 Å². The smallest absolute Gasteiger partial charge is 0.0615 e. The van der Waals surface area contributed by atoms with E-state index in [2.05, 4.69) is 44.8 Å². The van der Waals surface area contributed by atoms with Gasteiger partial charge in [-0.05, 0) is 18.8 Å². The fourth-order valence-electron chi connectivity index (χ4n) is 2.88. The monoisotopic (exact) mass is 256 g/mol. The van der Waals surface area contributed by atoms with Crippen LogP contribution in [0.25, 0.3) is 0 Å². The SMILES string of the molecule is CCCC1CNC(C(C)(C)C)CN1C(C)COC. The lowest BCUT2D eigenvalue weighted by atomic mass is 9.84. The molecule has 0 aromatic rings. The van der Waals surface area contributed by atoms with Crippen LogP contribution in [0.4, 0.5) is 0 Å². The van der Waals surface area contributed by atoms with Gasteiger partial charge in [-0.15, -0.1) is 0 Å². The summed E-state index contributed by atoms with van der Waals surface area (Å²) in [5.41, 5.74) is 0.322. The largest absolute Gasteiger partial charge is 0.383 e. The Hall–Kier alpha value is -0.120. The lowest BCUT2D eigenvalue weighted by molar-refractivity contribution is 0.0188. The van der Waals surface area contributed by atoms with Gasteiger partial charge in [0.05, 0.1) is 6.61 Å². The molecule has 1 fully saturated rings. The molecule has 0 aliphatic carbocycles. The summed E-state index contributed by atoms with van der Waals surface area (Å²) in [4.78, 5) is 2.65. The third-order valence-corrected chi connectivity index (χ3v) is 4.10. The van der Waals surface area contributed by atoms with E-state index in [4.69, 9.17) is 4.74 Å². The summed E-state index contributed by atoms with van der Waals surface area (Å²) < 4.78 is 5.34. The second kappa shape index (κ2) is 6.88. The minimum Gasteiger partial charge on any atom is -0.383 e. The highest BCUT2D eigenvalue weighted by Crippen LogP contribution is 2.26. The van der Waals surface area contributed by atoms with E-state index >= 15 is 0 Å². The maximum Gasteiger partial charge on any atom is 0.0615 e. The lowest BCUT2D eigenvalue weighted by Crippen LogP contribution is -2.62. The molecule has 1 heterocycles. The lowest BCUT2D eigenvalue weighted by Gasteiger charge is -2.47. The van der Waals surface area contributed by atoms with Crippen molar-refractivity contribution in [3.8, 4) is 0 Å².